The van der Waals surface area contributed by atoms with Crippen molar-refractivity contribution in [2.75, 3.05) is 0 Å². The van der Waals surface area contributed by atoms with E-state index >= 15 is 0 Å². The number of carbonyl (C=O) groups excluding carboxylic acids is 1. The molecule has 0 bridgehead atoms. The molecule has 0 aliphatic rings. The molecule has 0 radical (unpaired) electrons. The Hall–Kier alpha value is -2.03. The lowest BCUT2D eigenvalue weighted by atomic mass is 10.2. The van der Waals surface area contributed by atoms with Gasteiger partial charge in [0, 0.05) is 28.7 Å². The number of hydrogen-bond acceptors (Lipinski definition) is 2. The molecule has 21 heavy (non-hydrogen) atoms. The van der Waals surface area contributed by atoms with Crippen LogP contribution >= 0.6 is 0 Å². The molecule has 0 atom stereocenters. The van der Waals surface area contributed by atoms with Crippen LogP contribution in [0.15, 0.2) is 36.4 Å². The van der Waals surface area contributed by atoms with E-state index in [-0.39, 0.29) is 5.97 Å². The highest BCUT2D eigenvalue weighted by molar-refractivity contribution is 5.89. The molecule has 0 aliphatic heterocycles. The van der Waals surface area contributed by atoms with E-state index in [1.165, 1.54) is 17.0 Å². The number of ether oxygens (including phenoxy) is 1. The van der Waals surface area contributed by atoms with Gasteiger partial charge in [0.15, 0.2) is 0 Å². The minimum Gasteiger partial charge on any atom is -0.457 e. The van der Waals surface area contributed by atoms with E-state index in [1.807, 2.05) is 39.0 Å². The van der Waals surface area contributed by atoms with Crippen LogP contribution in [0.5, 0.6) is 0 Å². The third-order valence-corrected chi connectivity index (χ3v) is 3.09. The second-order valence-electron chi connectivity index (χ2n) is 6.46. The van der Waals surface area contributed by atoms with Crippen LogP contribution in [-0.4, -0.2) is 16.1 Å². The molecule has 0 unspecified atom stereocenters. The second kappa shape index (κ2) is 5.76. The van der Waals surface area contributed by atoms with Crippen molar-refractivity contribution < 1.29 is 9.53 Å². The molecular weight excluding hydrogens is 262 g/mol. The third kappa shape index (κ3) is 3.75. The Morgan fingerprint density at radius 1 is 1.24 bits per heavy atom. The molecule has 3 nitrogen and oxygen atoms in total. The Morgan fingerprint density at radius 3 is 2.52 bits per heavy atom. The minimum atomic E-state index is -0.466. The fourth-order valence-corrected chi connectivity index (χ4v) is 2.39. The fraction of sp³-hybridized carbons (Fsp3) is 0.389. The highest BCUT2D eigenvalue weighted by Gasteiger charge is 2.14. The molecule has 0 N–H and O–H groups in total. The molecule has 2 aromatic rings. The van der Waals surface area contributed by atoms with Gasteiger partial charge in [-0.15, -0.1) is 0 Å². The molecule has 1 aromatic carbocycles. The van der Waals surface area contributed by atoms with E-state index in [1.54, 1.807) is 0 Å². The van der Waals surface area contributed by atoms with Gasteiger partial charge in [-0.05, 0) is 52.8 Å². The molecule has 1 heterocycles. The molecule has 0 saturated heterocycles. The zero-order valence-electron chi connectivity index (χ0n) is 13.4. The van der Waals surface area contributed by atoms with Crippen LogP contribution < -0.4 is 0 Å². The summed E-state index contributed by atoms with van der Waals surface area (Å²) < 4.78 is 7.52. The van der Waals surface area contributed by atoms with Gasteiger partial charge >= 0.3 is 5.97 Å². The maximum absolute atomic E-state index is 11.8. The highest BCUT2D eigenvalue weighted by atomic mass is 16.6. The summed E-state index contributed by atoms with van der Waals surface area (Å²) in [5, 5.41) is 1.18. The largest absolute Gasteiger partial charge is 0.457 e. The summed E-state index contributed by atoms with van der Waals surface area (Å²) in [4.78, 5) is 11.8. The highest BCUT2D eigenvalue weighted by Crippen LogP contribution is 2.25. The van der Waals surface area contributed by atoms with Crippen LogP contribution in [0.2, 0.25) is 0 Å². The lowest BCUT2D eigenvalue weighted by molar-refractivity contribution is -0.148. The first-order valence-corrected chi connectivity index (χ1v) is 7.29. The van der Waals surface area contributed by atoms with Crippen LogP contribution in [0.4, 0.5) is 0 Å². The van der Waals surface area contributed by atoms with E-state index in [4.69, 9.17) is 4.74 Å². The number of hydrogen-bond donors (Lipinski definition) is 0. The minimum absolute atomic E-state index is 0.317. The van der Waals surface area contributed by atoms with Crippen molar-refractivity contribution in [1.29, 1.82) is 0 Å². The lowest BCUT2D eigenvalue weighted by Crippen LogP contribution is -2.22. The molecule has 1 aromatic heterocycles. The van der Waals surface area contributed by atoms with Crippen molar-refractivity contribution in [3.8, 4) is 0 Å². The number of nitrogens with zero attached hydrogens (tertiary/aromatic N) is 1. The maximum atomic E-state index is 11.8. The SMILES string of the molecule is CC(C)n1c(/C=C/C(=O)OC(C)(C)C)cc2ccccc21. The van der Waals surface area contributed by atoms with Crippen molar-refractivity contribution in [1.82, 2.24) is 4.57 Å². The van der Waals surface area contributed by atoms with Crippen molar-refractivity contribution in [3.05, 3.63) is 42.1 Å². The Labute approximate surface area is 126 Å². The number of rotatable bonds is 3. The predicted molar refractivity (Wildman–Crippen MR) is 87.2 cm³/mol. The molecule has 0 spiro atoms. The summed E-state index contributed by atoms with van der Waals surface area (Å²) in [6, 6.07) is 10.6. The summed E-state index contributed by atoms with van der Waals surface area (Å²) in [5.41, 5.74) is 1.72. The average molecular weight is 285 g/mol. The van der Waals surface area contributed by atoms with Crippen LogP contribution in [0.3, 0.4) is 0 Å². The maximum Gasteiger partial charge on any atom is 0.331 e. The van der Waals surface area contributed by atoms with Crippen molar-refractivity contribution in [2.24, 2.45) is 0 Å². The smallest absolute Gasteiger partial charge is 0.331 e. The quantitative estimate of drug-likeness (QED) is 0.610. The third-order valence-electron chi connectivity index (χ3n) is 3.09. The Kier molecular flexibility index (Phi) is 4.21. The summed E-state index contributed by atoms with van der Waals surface area (Å²) in [6.07, 6.45) is 3.33. The van der Waals surface area contributed by atoms with Gasteiger partial charge in [-0.3, -0.25) is 0 Å². The fourth-order valence-electron chi connectivity index (χ4n) is 2.39. The van der Waals surface area contributed by atoms with Gasteiger partial charge in [0.2, 0.25) is 0 Å². The molecular formula is C18H23NO2. The molecule has 112 valence electrons. The molecule has 0 amide bonds. The van der Waals surface area contributed by atoms with E-state index < -0.39 is 5.60 Å². The molecule has 0 fully saturated rings. The standard InChI is InChI=1S/C18H23NO2/c1-13(2)19-15(10-11-17(20)21-18(3,4)5)12-14-8-6-7-9-16(14)19/h6-13H,1-5H3/b11-10+. The van der Waals surface area contributed by atoms with Gasteiger partial charge in [0.05, 0.1) is 0 Å². The van der Waals surface area contributed by atoms with E-state index in [0.717, 1.165) is 5.69 Å². The number of fused-ring (bicyclic) bond motifs is 1. The number of aromatic nitrogens is 1. The number of para-hydroxylation sites is 1. The molecule has 0 aliphatic carbocycles. The first kappa shape index (κ1) is 15.4. The van der Waals surface area contributed by atoms with E-state index in [2.05, 4.69) is 36.6 Å². The predicted octanol–water partition coefficient (Wildman–Crippen LogP) is 4.58. The second-order valence-corrected chi connectivity index (χ2v) is 6.46. The molecule has 3 heteroatoms. The molecule has 0 saturated carbocycles. The average Bonchev–Trinajstić information content (AvgIpc) is 2.72. The zero-order valence-corrected chi connectivity index (χ0v) is 13.4. The van der Waals surface area contributed by atoms with Crippen molar-refractivity contribution in [2.45, 2.75) is 46.3 Å². The normalized spacial score (nSPS) is 12.5. The number of benzene rings is 1. The zero-order chi connectivity index (χ0) is 15.6. The van der Waals surface area contributed by atoms with Gasteiger partial charge in [-0.25, -0.2) is 4.79 Å². The summed E-state index contributed by atoms with van der Waals surface area (Å²) in [7, 11) is 0. The van der Waals surface area contributed by atoms with Crippen LogP contribution in [0, 0.1) is 0 Å². The monoisotopic (exact) mass is 285 g/mol. The summed E-state index contributed by atoms with van der Waals surface area (Å²) in [5.74, 6) is -0.317. The molecule has 2 rings (SSSR count). The first-order chi connectivity index (χ1) is 9.78. The van der Waals surface area contributed by atoms with Crippen LogP contribution in [0.25, 0.3) is 17.0 Å². The van der Waals surface area contributed by atoms with Gasteiger partial charge in [-0.1, -0.05) is 18.2 Å². The number of carbonyl (C=O) groups is 1. The van der Waals surface area contributed by atoms with Gasteiger partial charge in [-0.2, -0.15) is 0 Å². The van der Waals surface area contributed by atoms with Crippen molar-refractivity contribution >= 4 is 22.9 Å². The summed E-state index contributed by atoms with van der Waals surface area (Å²) >= 11 is 0. The van der Waals surface area contributed by atoms with Crippen LogP contribution in [-0.2, 0) is 9.53 Å². The van der Waals surface area contributed by atoms with E-state index in [9.17, 15) is 4.79 Å². The first-order valence-electron chi connectivity index (χ1n) is 7.29. The lowest BCUT2D eigenvalue weighted by Gasteiger charge is -2.18. The van der Waals surface area contributed by atoms with Gasteiger partial charge in [0.25, 0.3) is 0 Å². The Balaban J connectivity index is 2.34. The Morgan fingerprint density at radius 2 is 1.90 bits per heavy atom. The topological polar surface area (TPSA) is 31.2 Å². The van der Waals surface area contributed by atoms with Gasteiger partial charge < -0.3 is 9.30 Å². The Bertz CT molecular complexity index is 672. The summed E-state index contributed by atoms with van der Waals surface area (Å²) in [6.45, 7) is 9.87. The van der Waals surface area contributed by atoms with Crippen LogP contribution in [0.1, 0.15) is 46.4 Å². The van der Waals surface area contributed by atoms with E-state index in [0.29, 0.717) is 6.04 Å². The number of esters is 1. The van der Waals surface area contributed by atoms with Crippen molar-refractivity contribution in [3.63, 3.8) is 0 Å². The van der Waals surface area contributed by atoms with Gasteiger partial charge in [0.1, 0.15) is 5.60 Å².